The van der Waals surface area contributed by atoms with Crippen LogP contribution in [-0.2, 0) is 4.57 Å². The predicted octanol–water partition coefficient (Wildman–Crippen LogP) is -0.165. The molecule has 0 fully saturated rings. The van der Waals surface area contributed by atoms with Crippen LogP contribution in [0, 0.1) is 0 Å². The van der Waals surface area contributed by atoms with Crippen molar-refractivity contribution in [3.8, 4) is 0 Å². The maximum Gasteiger partial charge on any atom is 0.262 e. The molecule has 0 radical (unpaired) electrons. The SMILES string of the molecule is CCCNCCC.O=P([O-])(O)O. The molecule has 5 nitrogen and oxygen atoms in total. The first-order valence-electron chi connectivity index (χ1n) is 3.89. The lowest BCUT2D eigenvalue weighted by Crippen LogP contribution is -2.14. The van der Waals surface area contributed by atoms with E-state index in [9.17, 15) is 0 Å². The molecule has 0 aromatic heterocycles. The van der Waals surface area contributed by atoms with E-state index in [1.165, 1.54) is 25.9 Å². The summed E-state index contributed by atoms with van der Waals surface area (Å²) in [6.45, 7) is 6.72. The molecule has 0 unspecified atom stereocenters. The van der Waals surface area contributed by atoms with Crippen molar-refractivity contribution in [3.63, 3.8) is 0 Å². The Bertz CT molecular complexity index is 112. The van der Waals surface area contributed by atoms with Gasteiger partial charge in [-0.3, -0.25) is 4.57 Å². The molecule has 76 valence electrons. The van der Waals surface area contributed by atoms with E-state index in [1.807, 2.05) is 0 Å². The average molecular weight is 198 g/mol. The Kier molecular flexibility index (Phi) is 11.1. The van der Waals surface area contributed by atoms with E-state index in [4.69, 9.17) is 19.2 Å². The highest BCUT2D eigenvalue weighted by atomic mass is 31.2. The predicted molar refractivity (Wildman–Crippen MR) is 45.5 cm³/mol. The summed E-state index contributed by atoms with van der Waals surface area (Å²) < 4.78 is 8.77. The summed E-state index contributed by atoms with van der Waals surface area (Å²) >= 11 is 0. The van der Waals surface area contributed by atoms with Gasteiger partial charge in [0, 0.05) is 0 Å². The lowest BCUT2D eigenvalue weighted by atomic mass is 10.4. The van der Waals surface area contributed by atoms with Gasteiger partial charge in [0.15, 0.2) is 0 Å². The van der Waals surface area contributed by atoms with Gasteiger partial charge >= 0.3 is 0 Å². The molecule has 0 heterocycles. The van der Waals surface area contributed by atoms with Crippen molar-refractivity contribution in [1.29, 1.82) is 0 Å². The maximum absolute atomic E-state index is 8.77. The normalized spacial score (nSPS) is 10.4. The highest BCUT2D eigenvalue weighted by Gasteiger charge is 1.82. The lowest BCUT2D eigenvalue weighted by Gasteiger charge is -2.01. The molecule has 0 spiro atoms. The third kappa shape index (κ3) is 50.0. The molecule has 0 aliphatic heterocycles. The summed E-state index contributed by atoms with van der Waals surface area (Å²) in [6, 6.07) is 0. The summed E-state index contributed by atoms with van der Waals surface area (Å²) in [5.74, 6) is 0. The van der Waals surface area contributed by atoms with Crippen molar-refractivity contribution in [2.75, 3.05) is 13.1 Å². The Labute approximate surface area is 73.1 Å². The first-order chi connectivity index (χ1) is 5.41. The van der Waals surface area contributed by atoms with Gasteiger partial charge in [0.25, 0.3) is 7.82 Å². The van der Waals surface area contributed by atoms with Crippen LogP contribution in [0.4, 0.5) is 0 Å². The van der Waals surface area contributed by atoms with Gasteiger partial charge in [-0.25, -0.2) is 0 Å². The molecule has 0 saturated carbocycles. The quantitative estimate of drug-likeness (QED) is 0.431. The zero-order chi connectivity index (χ0) is 10.0. The minimum atomic E-state index is -4.89. The van der Waals surface area contributed by atoms with Gasteiger partial charge in [0.05, 0.1) is 0 Å². The molecule has 0 atom stereocenters. The van der Waals surface area contributed by atoms with Gasteiger partial charge in [0.1, 0.15) is 0 Å². The van der Waals surface area contributed by atoms with Crippen LogP contribution in [0.5, 0.6) is 0 Å². The average Bonchev–Trinajstić information content (AvgIpc) is 1.85. The van der Waals surface area contributed by atoms with Crippen LogP contribution in [0.25, 0.3) is 0 Å². The zero-order valence-corrected chi connectivity index (χ0v) is 8.38. The smallest absolute Gasteiger partial charge is 0.262 e. The van der Waals surface area contributed by atoms with E-state index in [2.05, 4.69) is 19.2 Å². The van der Waals surface area contributed by atoms with Crippen LogP contribution < -0.4 is 10.2 Å². The molecule has 0 aliphatic carbocycles. The molecule has 0 saturated heterocycles. The second-order valence-electron chi connectivity index (χ2n) is 2.24. The summed E-state index contributed by atoms with van der Waals surface area (Å²) in [5, 5.41) is 3.28. The standard InChI is InChI=1S/C6H15N.H3O4P/c1-3-5-7-6-4-2;1-5(2,3)4/h7H,3-6H2,1-2H3;(H3,1,2,3,4)/p-1. The Morgan fingerprint density at radius 2 is 1.50 bits per heavy atom. The van der Waals surface area contributed by atoms with Crippen LogP contribution in [0.3, 0.4) is 0 Å². The highest BCUT2D eigenvalue weighted by molar-refractivity contribution is 7.43. The van der Waals surface area contributed by atoms with E-state index in [-0.39, 0.29) is 0 Å². The largest absolute Gasteiger partial charge is 0.756 e. The zero-order valence-electron chi connectivity index (χ0n) is 7.49. The number of hydrogen-bond acceptors (Lipinski definition) is 3. The molecule has 6 heteroatoms. The monoisotopic (exact) mass is 198 g/mol. The Balaban J connectivity index is 0. The molecule has 0 aromatic carbocycles. The topological polar surface area (TPSA) is 92.6 Å². The van der Waals surface area contributed by atoms with E-state index < -0.39 is 7.82 Å². The fourth-order valence-corrected chi connectivity index (χ4v) is 0.479. The second kappa shape index (κ2) is 9.16. The molecule has 0 bridgehead atoms. The molecule has 3 N–H and O–H groups in total. The fraction of sp³-hybridized carbons (Fsp3) is 1.00. The van der Waals surface area contributed by atoms with Crippen molar-refractivity contribution in [1.82, 2.24) is 5.32 Å². The number of nitrogens with one attached hydrogen (secondary N) is 1. The minimum Gasteiger partial charge on any atom is -0.756 e. The van der Waals surface area contributed by atoms with Crippen molar-refractivity contribution in [3.05, 3.63) is 0 Å². The molecule has 0 amide bonds. The summed E-state index contributed by atoms with van der Waals surface area (Å²) in [5.41, 5.74) is 0. The van der Waals surface area contributed by atoms with Crippen LogP contribution in [0.2, 0.25) is 0 Å². The van der Waals surface area contributed by atoms with Gasteiger partial charge in [-0.15, -0.1) is 0 Å². The minimum absolute atomic E-state index is 1.17. The molecular weight excluding hydrogens is 181 g/mol. The number of hydrogen-bond donors (Lipinski definition) is 3. The van der Waals surface area contributed by atoms with Crippen LogP contribution >= 0.6 is 7.82 Å². The summed E-state index contributed by atoms with van der Waals surface area (Å²) in [7, 11) is -4.89. The lowest BCUT2D eigenvalue weighted by molar-refractivity contribution is -0.214. The first-order valence-corrected chi connectivity index (χ1v) is 5.42. The summed E-state index contributed by atoms with van der Waals surface area (Å²) in [6.07, 6.45) is 2.50. The number of phosphoric acid groups is 1. The number of rotatable bonds is 4. The molecule has 0 aromatic rings. The van der Waals surface area contributed by atoms with Crippen molar-refractivity contribution < 1.29 is 19.2 Å². The van der Waals surface area contributed by atoms with Crippen molar-refractivity contribution >= 4 is 7.82 Å². The van der Waals surface area contributed by atoms with Crippen molar-refractivity contribution in [2.24, 2.45) is 0 Å². The second-order valence-corrected chi connectivity index (χ2v) is 3.22. The van der Waals surface area contributed by atoms with Gasteiger partial charge in [-0.05, 0) is 25.9 Å². The highest BCUT2D eigenvalue weighted by Crippen LogP contribution is 2.18. The molecular formula is C6H17NO4P-. The van der Waals surface area contributed by atoms with Crippen molar-refractivity contribution in [2.45, 2.75) is 26.7 Å². The van der Waals surface area contributed by atoms with Gasteiger partial charge in [-0.1, -0.05) is 13.8 Å². The molecule has 0 aliphatic rings. The third-order valence-electron chi connectivity index (χ3n) is 0.854. The molecule has 0 rings (SSSR count). The van der Waals surface area contributed by atoms with Gasteiger partial charge in [0.2, 0.25) is 0 Å². The van der Waals surface area contributed by atoms with E-state index in [0.717, 1.165) is 0 Å². The third-order valence-corrected chi connectivity index (χ3v) is 0.854. The van der Waals surface area contributed by atoms with Crippen LogP contribution in [-0.4, -0.2) is 22.9 Å². The fourth-order valence-electron chi connectivity index (χ4n) is 0.479. The summed E-state index contributed by atoms with van der Waals surface area (Å²) in [4.78, 5) is 22.9. The van der Waals surface area contributed by atoms with Gasteiger partial charge in [-0.2, -0.15) is 0 Å². The van der Waals surface area contributed by atoms with E-state index >= 15 is 0 Å². The Morgan fingerprint density at radius 3 is 1.67 bits per heavy atom. The Morgan fingerprint density at radius 1 is 1.25 bits per heavy atom. The van der Waals surface area contributed by atoms with Crippen LogP contribution in [0.15, 0.2) is 0 Å². The maximum atomic E-state index is 8.77. The Hall–Kier alpha value is 0.0700. The molecule has 12 heavy (non-hydrogen) atoms. The first kappa shape index (κ1) is 14.6. The van der Waals surface area contributed by atoms with Gasteiger partial charge < -0.3 is 20.0 Å². The van der Waals surface area contributed by atoms with E-state index in [1.54, 1.807) is 0 Å². The van der Waals surface area contributed by atoms with E-state index in [0.29, 0.717) is 0 Å². The van der Waals surface area contributed by atoms with Crippen LogP contribution in [0.1, 0.15) is 26.7 Å².